The van der Waals surface area contributed by atoms with Crippen molar-refractivity contribution in [1.29, 1.82) is 0 Å². The minimum Gasteiger partial charge on any atom is -0.461 e. The van der Waals surface area contributed by atoms with Gasteiger partial charge >= 0.3 is 5.97 Å². The van der Waals surface area contributed by atoms with Crippen molar-refractivity contribution in [3.05, 3.63) is 10.6 Å². The molecule has 112 valence electrons. The van der Waals surface area contributed by atoms with Gasteiger partial charge in [0.2, 0.25) is 0 Å². The monoisotopic (exact) mass is 297 g/mol. The minimum absolute atomic E-state index is 0.327. The first-order chi connectivity index (χ1) is 9.63. The number of nitrogens with one attached hydrogen (secondary N) is 1. The van der Waals surface area contributed by atoms with Gasteiger partial charge in [-0.25, -0.2) is 9.78 Å². The molecule has 1 N–H and O–H groups in total. The Labute approximate surface area is 124 Å². The number of likely N-dealkylation sites (tertiary alicyclic amines) is 1. The standard InChI is InChI=1S/C14H23N3O2S/c1-4-17-7-6-11(9-17)8-15-14-16-12(10(3)20-14)13(18)19-5-2/h11H,4-9H2,1-3H3,(H,15,16). The summed E-state index contributed by atoms with van der Waals surface area (Å²) in [6.45, 7) is 10.7. The van der Waals surface area contributed by atoms with Gasteiger partial charge in [0.25, 0.3) is 0 Å². The molecular weight excluding hydrogens is 274 g/mol. The third kappa shape index (κ3) is 3.70. The molecular formula is C14H23N3O2S. The summed E-state index contributed by atoms with van der Waals surface area (Å²) in [5.74, 6) is 0.345. The first-order valence-corrected chi connectivity index (χ1v) is 8.06. The van der Waals surface area contributed by atoms with Gasteiger partial charge in [-0.05, 0) is 39.3 Å². The summed E-state index contributed by atoms with van der Waals surface area (Å²) in [5, 5.41) is 4.18. The summed E-state index contributed by atoms with van der Waals surface area (Å²) in [4.78, 5) is 19.4. The van der Waals surface area contributed by atoms with Gasteiger partial charge in [0, 0.05) is 18.0 Å². The van der Waals surface area contributed by atoms with Crippen LogP contribution in [-0.4, -0.2) is 48.6 Å². The van der Waals surface area contributed by atoms with Crippen LogP contribution in [0.3, 0.4) is 0 Å². The van der Waals surface area contributed by atoms with Crippen molar-refractivity contribution in [3.63, 3.8) is 0 Å². The van der Waals surface area contributed by atoms with Crippen LogP contribution in [-0.2, 0) is 4.74 Å². The Hall–Kier alpha value is -1.14. The van der Waals surface area contributed by atoms with Crippen LogP contribution in [0.4, 0.5) is 5.13 Å². The van der Waals surface area contributed by atoms with E-state index in [1.165, 1.54) is 24.3 Å². The number of nitrogens with zero attached hydrogens (tertiary/aromatic N) is 2. The van der Waals surface area contributed by atoms with E-state index in [4.69, 9.17) is 4.74 Å². The highest BCUT2D eigenvalue weighted by molar-refractivity contribution is 7.15. The van der Waals surface area contributed by atoms with Gasteiger partial charge in [-0.1, -0.05) is 6.92 Å². The van der Waals surface area contributed by atoms with Crippen LogP contribution < -0.4 is 5.32 Å². The second-order valence-electron chi connectivity index (χ2n) is 5.07. The lowest BCUT2D eigenvalue weighted by molar-refractivity contribution is 0.0519. The molecule has 2 rings (SSSR count). The Kier molecular flexibility index (Phi) is 5.37. The Morgan fingerprint density at radius 2 is 2.35 bits per heavy atom. The minimum atomic E-state index is -0.327. The Bertz CT molecular complexity index is 461. The van der Waals surface area contributed by atoms with Crippen LogP contribution in [0.1, 0.15) is 35.6 Å². The zero-order chi connectivity index (χ0) is 14.5. The number of aryl methyl sites for hydroxylation is 1. The smallest absolute Gasteiger partial charge is 0.358 e. The Balaban J connectivity index is 1.88. The van der Waals surface area contributed by atoms with Crippen LogP contribution in [0.5, 0.6) is 0 Å². The lowest BCUT2D eigenvalue weighted by atomic mass is 10.1. The fraction of sp³-hybridized carbons (Fsp3) is 0.714. The third-order valence-corrected chi connectivity index (χ3v) is 4.55. The molecule has 0 radical (unpaired) electrons. The molecule has 0 spiro atoms. The van der Waals surface area contributed by atoms with Crippen LogP contribution in [0.25, 0.3) is 0 Å². The van der Waals surface area contributed by atoms with Gasteiger partial charge in [0.1, 0.15) is 0 Å². The van der Waals surface area contributed by atoms with Crippen LogP contribution in [0.15, 0.2) is 0 Å². The van der Waals surface area contributed by atoms with E-state index >= 15 is 0 Å². The van der Waals surface area contributed by atoms with Crippen molar-refractivity contribution in [1.82, 2.24) is 9.88 Å². The molecule has 1 atom stereocenters. The van der Waals surface area contributed by atoms with Gasteiger partial charge in [0.15, 0.2) is 10.8 Å². The van der Waals surface area contributed by atoms with Gasteiger partial charge in [-0.2, -0.15) is 0 Å². The number of hydrogen-bond donors (Lipinski definition) is 1. The number of rotatable bonds is 6. The molecule has 0 bridgehead atoms. The van der Waals surface area contributed by atoms with Crippen LogP contribution in [0.2, 0.25) is 0 Å². The molecule has 6 heteroatoms. The van der Waals surface area contributed by atoms with E-state index in [2.05, 4.69) is 22.1 Å². The number of hydrogen-bond acceptors (Lipinski definition) is 6. The number of anilines is 1. The predicted molar refractivity (Wildman–Crippen MR) is 81.5 cm³/mol. The molecule has 2 heterocycles. The Morgan fingerprint density at radius 3 is 3.00 bits per heavy atom. The average Bonchev–Trinajstić information content (AvgIpc) is 3.03. The highest BCUT2D eigenvalue weighted by atomic mass is 32.1. The van der Waals surface area contributed by atoms with Gasteiger partial charge < -0.3 is 15.0 Å². The van der Waals surface area contributed by atoms with Crippen LogP contribution >= 0.6 is 11.3 Å². The summed E-state index contributed by atoms with van der Waals surface area (Å²) in [6.07, 6.45) is 1.23. The molecule has 20 heavy (non-hydrogen) atoms. The second kappa shape index (κ2) is 7.04. The third-order valence-electron chi connectivity index (χ3n) is 3.62. The largest absolute Gasteiger partial charge is 0.461 e. The molecule has 0 saturated carbocycles. The van der Waals surface area contributed by atoms with Crippen LogP contribution in [0, 0.1) is 12.8 Å². The normalized spacial score (nSPS) is 19.2. The zero-order valence-electron chi connectivity index (χ0n) is 12.4. The lowest BCUT2D eigenvalue weighted by Gasteiger charge is -2.13. The van der Waals surface area contributed by atoms with Crippen molar-refractivity contribution in [2.45, 2.75) is 27.2 Å². The first-order valence-electron chi connectivity index (χ1n) is 7.24. The molecule has 1 aliphatic heterocycles. The second-order valence-corrected chi connectivity index (χ2v) is 6.28. The van der Waals surface area contributed by atoms with Crippen molar-refractivity contribution >= 4 is 22.4 Å². The molecule has 5 nitrogen and oxygen atoms in total. The van der Waals surface area contributed by atoms with E-state index in [-0.39, 0.29) is 5.97 Å². The first kappa shape index (κ1) is 15.3. The molecule has 1 saturated heterocycles. The number of carbonyl (C=O) groups excluding carboxylic acids is 1. The van der Waals surface area contributed by atoms with E-state index < -0.39 is 0 Å². The fourth-order valence-corrected chi connectivity index (χ4v) is 3.27. The summed E-state index contributed by atoms with van der Waals surface area (Å²) in [5.41, 5.74) is 0.445. The topological polar surface area (TPSA) is 54.5 Å². The number of ether oxygens (including phenoxy) is 1. The number of thiazole rings is 1. The maximum atomic E-state index is 11.7. The van der Waals surface area contributed by atoms with Crippen molar-refractivity contribution in [2.75, 3.05) is 38.1 Å². The lowest BCUT2D eigenvalue weighted by Crippen LogP contribution is -2.22. The van der Waals surface area contributed by atoms with E-state index in [0.717, 1.165) is 29.6 Å². The fourth-order valence-electron chi connectivity index (χ4n) is 2.46. The number of carbonyl (C=O) groups is 1. The molecule has 1 aromatic rings. The summed E-state index contributed by atoms with van der Waals surface area (Å²) >= 11 is 1.52. The molecule has 1 fully saturated rings. The average molecular weight is 297 g/mol. The highest BCUT2D eigenvalue weighted by Crippen LogP contribution is 2.24. The van der Waals surface area contributed by atoms with Crippen molar-refractivity contribution in [2.24, 2.45) is 5.92 Å². The number of aromatic nitrogens is 1. The molecule has 1 aliphatic rings. The van der Waals surface area contributed by atoms with Gasteiger partial charge in [-0.3, -0.25) is 0 Å². The van der Waals surface area contributed by atoms with Gasteiger partial charge in [0.05, 0.1) is 6.61 Å². The summed E-state index contributed by atoms with van der Waals surface area (Å²) < 4.78 is 5.00. The zero-order valence-corrected chi connectivity index (χ0v) is 13.3. The molecule has 1 unspecified atom stereocenters. The predicted octanol–water partition coefficient (Wildman–Crippen LogP) is 2.38. The number of esters is 1. The maximum absolute atomic E-state index is 11.7. The molecule has 1 aromatic heterocycles. The highest BCUT2D eigenvalue weighted by Gasteiger charge is 2.22. The summed E-state index contributed by atoms with van der Waals surface area (Å²) in [6, 6.07) is 0. The molecule has 0 aromatic carbocycles. The molecule has 0 aliphatic carbocycles. The van der Waals surface area contributed by atoms with E-state index in [9.17, 15) is 4.79 Å². The quantitative estimate of drug-likeness (QED) is 0.817. The van der Waals surface area contributed by atoms with Gasteiger partial charge in [-0.15, -0.1) is 11.3 Å². The Morgan fingerprint density at radius 1 is 1.55 bits per heavy atom. The summed E-state index contributed by atoms with van der Waals surface area (Å²) in [7, 11) is 0. The van der Waals surface area contributed by atoms with Crippen molar-refractivity contribution < 1.29 is 9.53 Å². The van der Waals surface area contributed by atoms with E-state index in [1.807, 2.05) is 6.92 Å². The molecule has 0 amide bonds. The SMILES string of the molecule is CCOC(=O)c1nc(NCC2CCN(CC)C2)sc1C. The van der Waals surface area contributed by atoms with E-state index in [0.29, 0.717) is 18.2 Å². The van der Waals surface area contributed by atoms with E-state index in [1.54, 1.807) is 6.92 Å². The maximum Gasteiger partial charge on any atom is 0.358 e. The van der Waals surface area contributed by atoms with Crippen molar-refractivity contribution in [3.8, 4) is 0 Å².